The third-order valence-electron chi connectivity index (χ3n) is 2.97. The smallest absolute Gasteiger partial charge is 0.383 e. The Balaban J connectivity index is 0.00000220. The molecule has 0 spiro atoms. The summed E-state index contributed by atoms with van der Waals surface area (Å²) < 4.78 is 40.0. The van der Waals surface area contributed by atoms with Gasteiger partial charge in [0.1, 0.15) is 5.82 Å². The second kappa shape index (κ2) is 5.88. The molecule has 0 aliphatic heterocycles. The number of aryl methyl sites for hydroxylation is 2. The molecular weight excluding hydrogens is 351 g/mol. The van der Waals surface area contributed by atoms with Gasteiger partial charge in [-0.25, -0.2) is 0 Å². The number of benzene rings is 1. The topological polar surface area (TPSA) is 60.9 Å². The number of anilines is 1. The molecule has 2 N–H and O–H groups in total. The summed E-state index contributed by atoms with van der Waals surface area (Å²) in [6.07, 6.45) is -4.60. The van der Waals surface area contributed by atoms with Gasteiger partial charge < -0.3 is 5.73 Å². The lowest BCUT2D eigenvalue weighted by Crippen LogP contribution is -2.15. The SMILES string of the molecule is Br.Cc1nn(C)c(N)c1C(=O)c1ccccc1C(F)(F)F. The van der Waals surface area contributed by atoms with Crippen LogP contribution in [0.3, 0.4) is 0 Å². The second-order valence-electron chi connectivity index (χ2n) is 4.34. The Morgan fingerprint density at radius 1 is 1.29 bits per heavy atom. The summed E-state index contributed by atoms with van der Waals surface area (Å²) in [4.78, 5) is 12.3. The predicted molar refractivity (Wildman–Crippen MR) is 77.6 cm³/mol. The van der Waals surface area contributed by atoms with Crippen LogP contribution in [0.25, 0.3) is 0 Å². The molecule has 0 radical (unpaired) electrons. The first kappa shape index (κ1) is 17.2. The quantitative estimate of drug-likeness (QED) is 0.833. The molecule has 114 valence electrons. The molecule has 8 heteroatoms. The first-order valence-electron chi connectivity index (χ1n) is 5.73. The van der Waals surface area contributed by atoms with E-state index in [-0.39, 0.29) is 28.4 Å². The Morgan fingerprint density at radius 2 is 1.86 bits per heavy atom. The Bertz CT molecular complexity index is 680. The Morgan fingerprint density at radius 3 is 2.33 bits per heavy atom. The minimum absolute atomic E-state index is 0. The molecule has 0 atom stereocenters. The number of hydrogen-bond acceptors (Lipinski definition) is 3. The number of halogens is 4. The summed E-state index contributed by atoms with van der Waals surface area (Å²) in [5.41, 5.74) is 4.59. The number of nitrogens with zero attached hydrogens (tertiary/aromatic N) is 2. The normalized spacial score (nSPS) is 11.1. The number of ketones is 1. The molecule has 0 aliphatic rings. The molecule has 1 aromatic carbocycles. The molecule has 4 nitrogen and oxygen atoms in total. The summed E-state index contributed by atoms with van der Waals surface area (Å²) in [5.74, 6) is -0.731. The molecule has 1 aromatic heterocycles. The molecule has 0 saturated carbocycles. The van der Waals surface area contributed by atoms with Crippen LogP contribution in [-0.2, 0) is 13.2 Å². The van der Waals surface area contributed by atoms with E-state index in [2.05, 4.69) is 5.10 Å². The van der Waals surface area contributed by atoms with Crippen molar-refractivity contribution in [2.24, 2.45) is 7.05 Å². The van der Waals surface area contributed by atoms with Crippen LogP contribution >= 0.6 is 17.0 Å². The molecule has 0 saturated heterocycles. The highest BCUT2D eigenvalue weighted by Gasteiger charge is 2.36. The van der Waals surface area contributed by atoms with Crippen molar-refractivity contribution in [2.45, 2.75) is 13.1 Å². The molecule has 0 unspecified atom stereocenters. The standard InChI is InChI=1S/C13H12F3N3O.BrH/c1-7-10(12(17)19(2)18-7)11(20)8-5-3-4-6-9(8)13(14,15)16;/h3-6H,17H2,1-2H3;1H. The van der Waals surface area contributed by atoms with Gasteiger partial charge in [0.25, 0.3) is 0 Å². The maximum Gasteiger partial charge on any atom is 0.417 e. The number of nitrogen functional groups attached to an aromatic ring is 1. The van der Waals surface area contributed by atoms with Crippen molar-refractivity contribution in [3.05, 3.63) is 46.6 Å². The number of hydrogen-bond donors (Lipinski definition) is 1. The van der Waals surface area contributed by atoms with E-state index < -0.39 is 23.1 Å². The number of nitrogens with two attached hydrogens (primary N) is 1. The van der Waals surface area contributed by atoms with Gasteiger partial charge in [0.05, 0.1) is 16.8 Å². The summed E-state index contributed by atoms with van der Waals surface area (Å²) in [6, 6.07) is 4.62. The lowest BCUT2D eigenvalue weighted by Gasteiger charge is -2.11. The largest absolute Gasteiger partial charge is 0.417 e. The van der Waals surface area contributed by atoms with Crippen LogP contribution in [0.5, 0.6) is 0 Å². The van der Waals surface area contributed by atoms with Crippen molar-refractivity contribution in [1.29, 1.82) is 0 Å². The second-order valence-corrected chi connectivity index (χ2v) is 4.34. The van der Waals surface area contributed by atoms with Crippen LogP contribution in [0.1, 0.15) is 27.2 Å². The fraction of sp³-hybridized carbons (Fsp3) is 0.231. The summed E-state index contributed by atoms with van der Waals surface area (Å²) >= 11 is 0. The van der Waals surface area contributed by atoms with Crippen molar-refractivity contribution in [1.82, 2.24) is 9.78 Å². The summed E-state index contributed by atoms with van der Waals surface area (Å²) in [5, 5.41) is 3.94. The zero-order valence-corrected chi connectivity index (χ0v) is 12.9. The summed E-state index contributed by atoms with van der Waals surface area (Å²) in [7, 11) is 1.52. The first-order valence-corrected chi connectivity index (χ1v) is 5.73. The number of aromatic nitrogens is 2. The van der Waals surface area contributed by atoms with Gasteiger partial charge in [-0.15, -0.1) is 17.0 Å². The fourth-order valence-corrected chi connectivity index (χ4v) is 2.02. The maximum atomic E-state index is 12.9. The molecular formula is C13H13BrF3N3O. The average molecular weight is 364 g/mol. The highest BCUT2D eigenvalue weighted by Crippen LogP contribution is 2.33. The van der Waals surface area contributed by atoms with Gasteiger partial charge in [-0.3, -0.25) is 9.48 Å². The van der Waals surface area contributed by atoms with E-state index in [4.69, 9.17) is 5.73 Å². The number of alkyl halides is 3. The van der Waals surface area contributed by atoms with E-state index in [0.717, 1.165) is 12.1 Å². The van der Waals surface area contributed by atoms with E-state index in [9.17, 15) is 18.0 Å². The van der Waals surface area contributed by atoms with E-state index in [1.807, 2.05) is 0 Å². The first-order chi connectivity index (χ1) is 9.23. The average Bonchev–Trinajstić information content (AvgIpc) is 2.61. The van der Waals surface area contributed by atoms with Gasteiger partial charge in [-0.2, -0.15) is 18.3 Å². The molecule has 21 heavy (non-hydrogen) atoms. The van der Waals surface area contributed by atoms with Crippen LogP contribution in [0.4, 0.5) is 19.0 Å². The van der Waals surface area contributed by atoms with Gasteiger partial charge in [-0.1, -0.05) is 18.2 Å². The maximum absolute atomic E-state index is 12.9. The zero-order chi connectivity index (χ0) is 15.1. The molecule has 0 aliphatic carbocycles. The van der Waals surface area contributed by atoms with Crippen LogP contribution in [0.2, 0.25) is 0 Å². The van der Waals surface area contributed by atoms with Crippen LogP contribution in [0, 0.1) is 6.92 Å². The van der Waals surface area contributed by atoms with Gasteiger partial charge in [0.15, 0.2) is 5.78 Å². The van der Waals surface area contributed by atoms with E-state index in [1.165, 1.54) is 30.8 Å². The zero-order valence-electron chi connectivity index (χ0n) is 11.2. The monoisotopic (exact) mass is 363 g/mol. The molecule has 0 amide bonds. The van der Waals surface area contributed by atoms with Gasteiger partial charge in [-0.05, 0) is 13.0 Å². The third kappa shape index (κ3) is 3.10. The van der Waals surface area contributed by atoms with Crippen molar-refractivity contribution in [3.63, 3.8) is 0 Å². The lowest BCUT2D eigenvalue weighted by molar-refractivity contribution is -0.137. The third-order valence-corrected chi connectivity index (χ3v) is 2.97. The summed E-state index contributed by atoms with van der Waals surface area (Å²) in [6.45, 7) is 1.53. The number of carbonyl (C=O) groups is 1. The van der Waals surface area contributed by atoms with Crippen molar-refractivity contribution < 1.29 is 18.0 Å². The minimum Gasteiger partial charge on any atom is -0.383 e. The number of carbonyl (C=O) groups excluding carboxylic acids is 1. The van der Waals surface area contributed by atoms with Crippen molar-refractivity contribution >= 4 is 28.6 Å². The molecule has 0 bridgehead atoms. The van der Waals surface area contributed by atoms with E-state index in [0.29, 0.717) is 5.69 Å². The van der Waals surface area contributed by atoms with Crippen molar-refractivity contribution in [3.8, 4) is 0 Å². The van der Waals surface area contributed by atoms with Crippen LogP contribution in [-0.4, -0.2) is 15.6 Å². The number of rotatable bonds is 2. The fourth-order valence-electron chi connectivity index (χ4n) is 2.02. The van der Waals surface area contributed by atoms with Gasteiger partial charge in [0, 0.05) is 12.6 Å². The van der Waals surface area contributed by atoms with Crippen molar-refractivity contribution in [2.75, 3.05) is 5.73 Å². The van der Waals surface area contributed by atoms with Crippen LogP contribution < -0.4 is 5.73 Å². The molecule has 2 aromatic rings. The molecule has 2 rings (SSSR count). The minimum atomic E-state index is -4.60. The van der Waals surface area contributed by atoms with Gasteiger partial charge >= 0.3 is 6.18 Å². The highest BCUT2D eigenvalue weighted by atomic mass is 79.9. The van der Waals surface area contributed by atoms with E-state index >= 15 is 0 Å². The van der Waals surface area contributed by atoms with Gasteiger partial charge in [0.2, 0.25) is 0 Å². The lowest BCUT2D eigenvalue weighted by atomic mass is 9.98. The van der Waals surface area contributed by atoms with E-state index in [1.54, 1.807) is 0 Å². The molecule has 1 heterocycles. The molecule has 0 fully saturated rings. The van der Waals surface area contributed by atoms with Crippen LogP contribution in [0.15, 0.2) is 24.3 Å². The Hall–Kier alpha value is -1.83. The highest BCUT2D eigenvalue weighted by molar-refractivity contribution is 8.93. The Labute approximate surface area is 129 Å². The Kier molecular flexibility index (Phi) is 4.83. The predicted octanol–water partition coefficient (Wildman–Crippen LogP) is 3.14.